The fourth-order valence-corrected chi connectivity index (χ4v) is 1.46. The number of anilines is 1. The van der Waals surface area contributed by atoms with E-state index in [1.807, 2.05) is 0 Å². The van der Waals surface area contributed by atoms with E-state index in [0.29, 0.717) is 0 Å². The fourth-order valence-electron chi connectivity index (χ4n) is 1.46. The monoisotopic (exact) mass is 264 g/mol. The van der Waals surface area contributed by atoms with Gasteiger partial charge in [0.15, 0.2) is 0 Å². The van der Waals surface area contributed by atoms with Crippen molar-refractivity contribution in [3.63, 3.8) is 0 Å². The molecule has 7 nitrogen and oxygen atoms in total. The highest BCUT2D eigenvalue weighted by Crippen LogP contribution is 2.17. The average Bonchev–Trinajstić information content (AvgIpc) is 2.81. The number of carbonyl (C=O) groups excluding carboxylic acids is 1. The maximum Gasteiger partial charge on any atom is 0.337 e. The molecule has 0 bridgehead atoms. The van der Waals surface area contributed by atoms with Crippen LogP contribution in [-0.4, -0.2) is 31.7 Å². The Balaban J connectivity index is 2.16. The van der Waals surface area contributed by atoms with Crippen LogP contribution in [0.4, 0.5) is 10.1 Å². The summed E-state index contributed by atoms with van der Waals surface area (Å²) < 4.78 is 14.3. The molecule has 1 aromatic carbocycles. The normalized spacial score (nSPS) is 10.2. The van der Waals surface area contributed by atoms with Crippen LogP contribution in [0.25, 0.3) is 0 Å². The van der Waals surface area contributed by atoms with Gasteiger partial charge in [0.25, 0.3) is 0 Å². The van der Waals surface area contributed by atoms with Crippen LogP contribution in [0.3, 0.4) is 0 Å². The zero-order valence-corrected chi connectivity index (χ0v) is 9.58. The Hall–Kier alpha value is -2.77. The summed E-state index contributed by atoms with van der Waals surface area (Å²) in [5.41, 5.74) is -0.286. The molecule has 0 aliphatic carbocycles. The van der Waals surface area contributed by atoms with Crippen molar-refractivity contribution in [1.82, 2.24) is 14.8 Å². The molecule has 0 aliphatic rings. The van der Waals surface area contributed by atoms with Crippen molar-refractivity contribution in [2.45, 2.75) is 6.54 Å². The smallest absolute Gasteiger partial charge is 0.337 e. The van der Waals surface area contributed by atoms with Crippen molar-refractivity contribution < 1.29 is 19.1 Å². The van der Waals surface area contributed by atoms with Crippen molar-refractivity contribution >= 4 is 17.6 Å². The molecule has 1 aromatic heterocycles. The number of amides is 1. The summed E-state index contributed by atoms with van der Waals surface area (Å²) in [5.74, 6) is -2.42. The van der Waals surface area contributed by atoms with E-state index in [9.17, 15) is 14.0 Å². The lowest BCUT2D eigenvalue weighted by Gasteiger charge is -2.08. The van der Waals surface area contributed by atoms with Gasteiger partial charge in [0.05, 0.1) is 11.3 Å². The van der Waals surface area contributed by atoms with Crippen LogP contribution in [0.2, 0.25) is 0 Å². The first kappa shape index (κ1) is 12.7. The highest BCUT2D eigenvalue weighted by atomic mass is 19.1. The molecular weight excluding hydrogens is 255 g/mol. The quantitative estimate of drug-likeness (QED) is 0.849. The van der Waals surface area contributed by atoms with E-state index in [2.05, 4.69) is 15.4 Å². The Morgan fingerprint density at radius 3 is 2.84 bits per heavy atom. The summed E-state index contributed by atoms with van der Waals surface area (Å²) in [7, 11) is 0. The third kappa shape index (κ3) is 3.12. The summed E-state index contributed by atoms with van der Waals surface area (Å²) in [4.78, 5) is 26.2. The first-order valence-electron chi connectivity index (χ1n) is 5.21. The van der Waals surface area contributed by atoms with Gasteiger partial charge in [-0.15, -0.1) is 0 Å². The number of carboxylic acids is 1. The Morgan fingerprint density at radius 2 is 2.21 bits per heavy atom. The second-order valence-electron chi connectivity index (χ2n) is 3.64. The molecule has 1 amide bonds. The number of aromatic nitrogens is 3. The van der Waals surface area contributed by atoms with Gasteiger partial charge in [0.2, 0.25) is 5.91 Å². The van der Waals surface area contributed by atoms with Crippen molar-refractivity contribution in [3.05, 3.63) is 42.2 Å². The molecule has 19 heavy (non-hydrogen) atoms. The van der Waals surface area contributed by atoms with Gasteiger partial charge in [-0.2, -0.15) is 5.10 Å². The lowest BCUT2D eigenvalue weighted by Crippen LogP contribution is -2.20. The largest absolute Gasteiger partial charge is 0.478 e. The molecule has 0 saturated heterocycles. The molecule has 0 saturated carbocycles. The number of nitrogens with zero attached hydrogens (tertiary/aromatic N) is 3. The average molecular weight is 264 g/mol. The number of rotatable bonds is 4. The number of aromatic carboxylic acids is 1. The van der Waals surface area contributed by atoms with E-state index >= 15 is 0 Å². The summed E-state index contributed by atoms with van der Waals surface area (Å²) in [6.07, 6.45) is 2.60. The number of carboxylic acid groups (broad SMARTS) is 1. The second kappa shape index (κ2) is 5.25. The Labute approximate surface area is 106 Å². The second-order valence-corrected chi connectivity index (χ2v) is 3.64. The number of benzene rings is 1. The van der Waals surface area contributed by atoms with E-state index in [-0.39, 0.29) is 17.8 Å². The van der Waals surface area contributed by atoms with Crippen LogP contribution in [0.15, 0.2) is 30.9 Å². The maximum atomic E-state index is 13.1. The highest BCUT2D eigenvalue weighted by Gasteiger charge is 2.13. The molecule has 98 valence electrons. The van der Waals surface area contributed by atoms with Crippen LogP contribution in [-0.2, 0) is 11.3 Å². The number of carbonyl (C=O) groups is 2. The van der Waals surface area contributed by atoms with Gasteiger partial charge in [0, 0.05) is 0 Å². The molecule has 0 atom stereocenters. The first-order valence-corrected chi connectivity index (χ1v) is 5.21. The third-order valence-electron chi connectivity index (χ3n) is 2.26. The first-order chi connectivity index (χ1) is 9.06. The van der Waals surface area contributed by atoms with E-state index in [1.165, 1.54) is 17.3 Å². The van der Waals surface area contributed by atoms with Crippen LogP contribution >= 0.6 is 0 Å². The molecule has 0 aliphatic heterocycles. The van der Waals surface area contributed by atoms with Crippen LogP contribution in [0.5, 0.6) is 0 Å². The molecular formula is C11H9FN4O3. The molecule has 1 heterocycles. The van der Waals surface area contributed by atoms with Crippen molar-refractivity contribution in [3.8, 4) is 0 Å². The van der Waals surface area contributed by atoms with Crippen LogP contribution in [0, 0.1) is 5.82 Å². The molecule has 0 spiro atoms. The lowest BCUT2D eigenvalue weighted by atomic mass is 10.1. The fraction of sp³-hybridized carbons (Fsp3) is 0.0909. The van der Waals surface area contributed by atoms with Gasteiger partial charge in [-0.25, -0.2) is 18.9 Å². The summed E-state index contributed by atoms with van der Waals surface area (Å²) in [6.45, 7) is -0.143. The number of hydrogen-bond donors (Lipinski definition) is 2. The van der Waals surface area contributed by atoms with E-state index < -0.39 is 17.7 Å². The number of nitrogens with one attached hydrogen (secondary N) is 1. The Kier molecular flexibility index (Phi) is 3.51. The summed E-state index contributed by atoms with van der Waals surface area (Å²) >= 11 is 0. The summed E-state index contributed by atoms with van der Waals surface area (Å²) in [6, 6.07) is 3.04. The minimum atomic E-state index is -1.25. The van der Waals surface area contributed by atoms with E-state index in [1.54, 1.807) is 0 Å². The van der Waals surface area contributed by atoms with Crippen molar-refractivity contribution in [1.29, 1.82) is 0 Å². The minimum Gasteiger partial charge on any atom is -0.478 e. The van der Waals surface area contributed by atoms with Gasteiger partial charge < -0.3 is 10.4 Å². The predicted octanol–water partition coefficient (Wildman–Crippen LogP) is 0.754. The topological polar surface area (TPSA) is 97.1 Å². The molecule has 0 unspecified atom stereocenters. The van der Waals surface area contributed by atoms with E-state index in [4.69, 9.17) is 5.11 Å². The lowest BCUT2D eigenvalue weighted by molar-refractivity contribution is -0.116. The van der Waals surface area contributed by atoms with Crippen LogP contribution in [0.1, 0.15) is 10.4 Å². The van der Waals surface area contributed by atoms with Crippen LogP contribution < -0.4 is 5.32 Å². The molecule has 2 aromatic rings. The maximum absolute atomic E-state index is 13.1. The Morgan fingerprint density at radius 1 is 1.42 bits per heavy atom. The van der Waals surface area contributed by atoms with Gasteiger partial charge in [-0.3, -0.25) is 4.79 Å². The molecule has 0 fully saturated rings. The van der Waals surface area contributed by atoms with Gasteiger partial charge in [-0.1, -0.05) is 0 Å². The SMILES string of the molecule is O=C(Cn1cncn1)Nc1cc(F)ccc1C(=O)O. The van der Waals surface area contributed by atoms with Gasteiger partial charge in [0.1, 0.15) is 25.0 Å². The van der Waals surface area contributed by atoms with Gasteiger partial charge >= 0.3 is 5.97 Å². The Bertz CT molecular complexity index is 612. The summed E-state index contributed by atoms with van der Waals surface area (Å²) in [5, 5.41) is 15.0. The van der Waals surface area contributed by atoms with Crippen molar-refractivity contribution in [2.75, 3.05) is 5.32 Å². The van der Waals surface area contributed by atoms with Crippen molar-refractivity contribution in [2.24, 2.45) is 0 Å². The molecule has 0 radical (unpaired) electrons. The number of hydrogen-bond acceptors (Lipinski definition) is 4. The van der Waals surface area contributed by atoms with Gasteiger partial charge in [-0.05, 0) is 18.2 Å². The zero-order valence-electron chi connectivity index (χ0n) is 9.58. The number of halogens is 1. The minimum absolute atomic E-state index is 0.0994. The van der Waals surface area contributed by atoms with E-state index in [0.717, 1.165) is 18.2 Å². The predicted molar refractivity (Wildman–Crippen MR) is 62.0 cm³/mol. The molecule has 2 rings (SSSR count). The zero-order chi connectivity index (χ0) is 13.8. The standard InChI is InChI=1S/C11H9FN4O3/c12-7-1-2-8(11(18)19)9(3-7)15-10(17)4-16-6-13-5-14-16/h1-3,5-6H,4H2,(H,15,17)(H,18,19). The third-order valence-corrected chi connectivity index (χ3v) is 2.26. The highest BCUT2D eigenvalue weighted by molar-refractivity contribution is 6.00. The molecule has 2 N–H and O–H groups in total. The molecule has 8 heteroatoms.